The maximum Gasteiger partial charge on any atom is 0.268 e. The van der Waals surface area contributed by atoms with E-state index in [9.17, 15) is 13.2 Å². The molecule has 7 heteroatoms. The standard InChI is InChI=1S/C18H29N3O3S/c1-13-7-6-8-16(14(13)2)19-18(22)17-11-15(12-20(17)3)25(23,24)21-9-4-5-10-21/h11-14,16H,4-10H2,1-3H3,(H,19,22)/t13-,14-,16-/m1/s1. The zero-order chi connectivity index (χ0) is 18.2. The maximum atomic E-state index is 12.7. The van der Waals surface area contributed by atoms with Crippen LogP contribution in [0.3, 0.4) is 0 Å². The van der Waals surface area contributed by atoms with Crippen molar-refractivity contribution in [3.8, 4) is 0 Å². The van der Waals surface area contributed by atoms with Gasteiger partial charge in [-0.05, 0) is 37.2 Å². The Morgan fingerprint density at radius 3 is 2.52 bits per heavy atom. The fourth-order valence-corrected chi connectivity index (χ4v) is 5.60. The van der Waals surface area contributed by atoms with Gasteiger partial charge in [0.25, 0.3) is 5.91 Å². The molecular formula is C18H29N3O3S. The van der Waals surface area contributed by atoms with E-state index in [0.717, 1.165) is 25.7 Å². The van der Waals surface area contributed by atoms with E-state index in [1.54, 1.807) is 17.8 Å². The summed E-state index contributed by atoms with van der Waals surface area (Å²) in [5, 5.41) is 3.12. The average Bonchev–Trinajstić information content (AvgIpc) is 3.21. The van der Waals surface area contributed by atoms with Gasteiger partial charge in [-0.15, -0.1) is 0 Å². The molecule has 6 nitrogen and oxygen atoms in total. The fraction of sp³-hybridized carbons (Fsp3) is 0.722. The molecule has 25 heavy (non-hydrogen) atoms. The Bertz CT molecular complexity index is 735. The number of amides is 1. The van der Waals surface area contributed by atoms with E-state index in [4.69, 9.17) is 0 Å². The first kappa shape index (κ1) is 18.5. The van der Waals surface area contributed by atoms with Gasteiger partial charge in [-0.3, -0.25) is 4.79 Å². The molecule has 140 valence electrons. The maximum absolute atomic E-state index is 12.7. The average molecular weight is 368 g/mol. The molecule has 1 aromatic rings. The van der Waals surface area contributed by atoms with Crippen LogP contribution in [0.5, 0.6) is 0 Å². The highest BCUT2D eigenvalue weighted by molar-refractivity contribution is 7.89. The van der Waals surface area contributed by atoms with Crippen LogP contribution in [0.1, 0.15) is 56.4 Å². The summed E-state index contributed by atoms with van der Waals surface area (Å²) in [5.41, 5.74) is 0.406. The number of aromatic nitrogens is 1. The summed E-state index contributed by atoms with van der Waals surface area (Å²) in [5.74, 6) is 0.848. The van der Waals surface area contributed by atoms with Crippen molar-refractivity contribution in [2.75, 3.05) is 13.1 Å². The molecule has 1 amide bonds. The van der Waals surface area contributed by atoms with Crippen LogP contribution in [0.2, 0.25) is 0 Å². The molecule has 3 rings (SSSR count). The van der Waals surface area contributed by atoms with Gasteiger partial charge in [0.1, 0.15) is 10.6 Å². The minimum atomic E-state index is -3.49. The second kappa shape index (κ2) is 7.11. The van der Waals surface area contributed by atoms with Crippen LogP contribution in [0.15, 0.2) is 17.2 Å². The largest absolute Gasteiger partial charge is 0.348 e. The van der Waals surface area contributed by atoms with Gasteiger partial charge >= 0.3 is 0 Å². The molecule has 0 radical (unpaired) electrons. The highest BCUT2D eigenvalue weighted by Gasteiger charge is 2.31. The summed E-state index contributed by atoms with van der Waals surface area (Å²) in [6.45, 7) is 5.54. The van der Waals surface area contributed by atoms with Crippen LogP contribution in [0, 0.1) is 11.8 Å². The number of nitrogens with zero attached hydrogens (tertiary/aromatic N) is 2. The third-order valence-corrected chi connectivity index (χ3v) is 7.80. The second-order valence-corrected chi connectivity index (χ2v) is 9.57. The number of hydrogen-bond donors (Lipinski definition) is 1. The summed E-state index contributed by atoms with van der Waals surface area (Å²) in [6.07, 6.45) is 6.67. The van der Waals surface area contributed by atoms with Crippen LogP contribution >= 0.6 is 0 Å². The first-order chi connectivity index (χ1) is 11.8. The van der Waals surface area contributed by atoms with E-state index in [1.807, 2.05) is 0 Å². The van der Waals surface area contributed by atoms with Gasteiger partial charge < -0.3 is 9.88 Å². The van der Waals surface area contributed by atoms with Crippen LogP contribution in [-0.4, -0.2) is 42.3 Å². The first-order valence-electron chi connectivity index (χ1n) is 9.28. The molecule has 1 saturated carbocycles. The second-order valence-electron chi connectivity index (χ2n) is 7.63. The Morgan fingerprint density at radius 1 is 1.16 bits per heavy atom. The van der Waals surface area contributed by atoms with Gasteiger partial charge in [-0.2, -0.15) is 4.31 Å². The Balaban J connectivity index is 1.77. The number of carbonyl (C=O) groups is 1. The quantitative estimate of drug-likeness (QED) is 0.888. The molecule has 2 heterocycles. The molecule has 2 fully saturated rings. The lowest BCUT2D eigenvalue weighted by molar-refractivity contribution is 0.0883. The van der Waals surface area contributed by atoms with E-state index < -0.39 is 10.0 Å². The molecule has 1 aromatic heterocycles. The van der Waals surface area contributed by atoms with E-state index in [0.29, 0.717) is 30.6 Å². The van der Waals surface area contributed by atoms with Crippen molar-refractivity contribution in [1.29, 1.82) is 0 Å². The lowest BCUT2D eigenvalue weighted by Crippen LogP contribution is -2.44. The number of sulfonamides is 1. The van der Waals surface area contributed by atoms with Crippen LogP contribution < -0.4 is 5.32 Å². The van der Waals surface area contributed by atoms with Crippen molar-refractivity contribution in [3.63, 3.8) is 0 Å². The van der Waals surface area contributed by atoms with Crippen molar-refractivity contribution < 1.29 is 13.2 Å². The first-order valence-corrected chi connectivity index (χ1v) is 10.7. The predicted molar refractivity (Wildman–Crippen MR) is 96.8 cm³/mol. The summed E-state index contributed by atoms with van der Waals surface area (Å²) < 4.78 is 28.5. The summed E-state index contributed by atoms with van der Waals surface area (Å²) in [4.78, 5) is 12.9. The Kier molecular flexibility index (Phi) is 5.25. The van der Waals surface area contributed by atoms with Crippen molar-refractivity contribution in [3.05, 3.63) is 18.0 Å². The predicted octanol–water partition coefficient (Wildman–Crippen LogP) is 2.36. The van der Waals surface area contributed by atoms with E-state index in [1.165, 1.54) is 16.8 Å². The molecule has 1 saturated heterocycles. The summed E-state index contributed by atoms with van der Waals surface area (Å²) in [6, 6.07) is 1.67. The smallest absolute Gasteiger partial charge is 0.268 e. The minimum Gasteiger partial charge on any atom is -0.348 e. The fourth-order valence-electron chi connectivity index (χ4n) is 4.01. The van der Waals surface area contributed by atoms with Gasteiger partial charge in [0.15, 0.2) is 0 Å². The van der Waals surface area contributed by atoms with Crippen LogP contribution in [0.4, 0.5) is 0 Å². The van der Waals surface area contributed by atoms with Gasteiger partial charge in [0, 0.05) is 32.4 Å². The molecule has 0 aromatic carbocycles. The zero-order valence-corrected chi connectivity index (χ0v) is 16.2. The van der Waals surface area contributed by atoms with Crippen LogP contribution in [0.25, 0.3) is 0 Å². The Hall–Kier alpha value is -1.34. The van der Waals surface area contributed by atoms with Gasteiger partial charge in [-0.1, -0.05) is 26.7 Å². The number of aryl methyl sites for hydroxylation is 1. The lowest BCUT2D eigenvalue weighted by atomic mass is 9.78. The SMILES string of the molecule is C[C@@H]1[C@H](C)CCC[C@H]1NC(=O)c1cc(S(=O)(=O)N2CCCC2)cn1C. The molecule has 1 N–H and O–H groups in total. The normalized spacial score (nSPS) is 28.2. The van der Waals surface area contributed by atoms with E-state index in [-0.39, 0.29) is 16.8 Å². The number of hydrogen-bond acceptors (Lipinski definition) is 3. The zero-order valence-electron chi connectivity index (χ0n) is 15.4. The molecule has 0 unspecified atom stereocenters. The molecule has 1 aliphatic heterocycles. The number of rotatable bonds is 4. The van der Waals surface area contributed by atoms with Crippen LogP contribution in [-0.2, 0) is 17.1 Å². The monoisotopic (exact) mass is 367 g/mol. The Labute approximate surface area is 150 Å². The molecule has 0 bridgehead atoms. The summed E-state index contributed by atoms with van der Waals surface area (Å²) in [7, 11) is -1.77. The van der Waals surface area contributed by atoms with Crippen molar-refractivity contribution >= 4 is 15.9 Å². The van der Waals surface area contributed by atoms with Gasteiger partial charge in [-0.25, -0.2) is 8.42 Å². The molecular weight excluding hydrogens is 338 g/mol. The molecule has 0 spiro atoms. The number of nitrogens with one attached hydrogen (secondary N) is 1. The highest BCUT2D eigenvalue weighted by atomic mass is 32.2. The number of carbonyl (C=O) groups excluding carboxylic acids is 1. The lowest BCUT2D eigenvalue weighted by Gasteiger charge is -2.34. The van der Waals surface area contributed by atoms with Crippen molar-refractivity contribution in [2.24, 2.45) is 18.9 Å². The Morgan fingerprint density at radius 2 is 1.84 bits per heavy atom. The topological polar surface area (TPSA) is 71.4 Å². The molecule has 3 atom stereocenters. The molecule has 2 aliphatic rings. The van der Waals surface area contributed by atoms with Crippen molar-refractivity contribution in [1.82, 2.24) is 14.2 Å². The third-order valence-electron chi connectivity index (χ3n) is 5.94. The van der Waals surface area contributed by atoms with E-state index >= 15 is 0 Å². The van der Waals surface area contributed by atoms with Gasteiger partial charge in [0.2, 0.25) is 10.0 Å². The third kappa shape index (κ3) is 3.62. The minimum absolute atomic E-state index is 0.157. The van der Waals surface area contributed by atoms with Gasteiger partial charge in [0.05, 0.1) is 0 Å². The molecule has 1 aliphatic carbocycles. The van der Waals surface area contributed by atoms with Crippen molar-refractivity contribution in [2.45, 2.75) is 56.9 Å². The summed E-state index contributed by atoms with van der Waals surface area (Å²) >= 11 is 0. The highest BCUT2D eigenvalue weighted by Crippen LogP contribution is 2.30. The van der Waals surface area contributed by atoms with E-state index in [2.05, 4.69) is 19.2 Å².